The molecule has 0 saturated carbocycles. The molecule has 176 valence electrons. The second kappa shape index (κ2) is 9.96. The van der Waals surface area contributed by atoms with Crippen molar-refractivity contribution >= 4 is 23.3 Å². The van der Waals surface area contributed by atoms with Crippen molar-refractivity contribution in [2.75, 3.05) is 11.9 Å². The third-order valence-electron chi connectivity index (χ3n) is 5.20. The summed E-state index contributed by atoms with van der Waals surface area (Å²) < 4.78 is 10.8. The Morgan fingerprint density at radius 1 is 0.971 bits per heavy atom. The van der Waals surface area contributed by atoms with Gasteiger partial charge >= 0.3 is 5.97 Å². The first-order valence-corrected chi connectivity index (χ1v) is 10.5. The molecular formula is C25H20N4O6. The van der Waals surface area contributed by atoms with Crippen LogP contribution in [0.15, 0.2) is 71.1 Å². The standard InChI is InChI=1S/C25H20N4O6/c1-15-5-3-4-6-20(15)24-28-27-23(35-24)17-7-9-18(10-8-17)25(31)34-14-22(30)26-21-12-11-19(29(32)33)13-16(21)2/h3-13H,14H2,1-2H3,(H,26,30). The average molecular weight is 472 g/mol. The average Bonchev–Trinajstić information content (AvgIpc) is 3.34. The molecule has 0 atom stereocenters. The van der Waals surface area contributed by atoms with E-state index in [1.807, 2.05) is 31.2 Å². The first kappa shape index (κ1) is 23.3. The van der Waals surface area contributed by atoms with Gasteiger partial charge in [-0.1, -0.05) is 18.2 Å². The van der Waals surface area contributed by atoms with Gasteiger partial charge in [0.15, 0.2) is 6.61 Å². The molecule has 0 aliphatic heterocycles. The second-order valence-corrected chi connectivity index (χ2v) is 7.69. The Morgan fingerprint density at radius 2 is 1.69 bits per heavy atom. The van der Waals surface area contributed by atoms with Gasteiger partial charge in [-0.05, 0) is 61.4 Å². The van der Waals surface area contributed by atoms with Crippen molar-refractivity contribution < 1.29 is 23.7 Å². The molecule has 1 heterocycles. The minimum absolute atomic E-state index is 0.0812. The number of nitro benzene ring substituents is 1. The maximum absolute atomic E-state index is 12.3. The van der Waals surface area contributed by atoms with E-state index in [9.17, 15) is 19.7 Å². The van der Waals surface area contributed by atoms with Gasteiger partial charge in [0, 0.05) is 28.9 Å². The molecule has 0 saturated heterocycles. The predicted octanol–water partition coefficient (Wildman–Crippen LogP) is 4.72. The number of esters is 1. The normalized spacial score (nSPS) is 10.6. The number of carbonyl (C=O) groups excluding carboxylic acids is 2. The molecule has 0 radical (unpaired) electrons. The molecule has 0 aliphatic rings. The number of nitrogens with zero attached hydrogens (tertiary/aromatic N) is 3. The van der Waals surface area contributed by atoms with Gasteiger partial charge in [0.25, 0.3) is 11.6 Å². The first-order valence-electron chi connectivity index (χ1n) is 10.5. The zero-order chi connectivity index (χ0) is 24.9. The van der Waals surface area contributed by atoms with Crippen LogP contribution in [0.3, 0.4) is 0 Å². The molecule has 1 aromatic heterocycles. The summed E-state index contributed by atoms with van der Waals surface area (Å²) in [6, 6.07) is 18.1. The van der Waals surface area contributed by atoms with E-state index in [1.54, 1.807) is 19.1 Å². The summed E-state index contributed by atoms with van der Waals surface area (Å²) in [4.78, 5) is 34.8. The van der Waals surface area contributed by atoms with Crippen molar-refractivity contribution in [3.8, 4) is 22.9 Å². The molecule has 10 heteroatoms. The van der Waals surface area contributed by atoms with Crippen molar-refractivity contribution in [2.45, 2.75) is 13.8 Å². The zero-order valence-corrected chi connectivity index (χ0v) is 18.8. The summed E-state index contributed by atoms with van der Waals surface area (Å²) in [5, 5.41) is 21.6. The van der Waals surface area contributed by atoms with Crippen LogP contribution in [0.4, 0.5) is 11.4 Å². The molecule has 0 bridgehead atoms. The molecule has 0 fully saturated rings. The second-order valence-electron chi connectivity index (χ2n) is 7.69. The highest BCUT2D eigenvalue weighted by atomic mass is 16.6. The van der Waals surface area contributed by atoms with Gasteiger partial charge in [0.05, 0.1) is 10.5 Å². The van der Waals surface area contributed by atoms with Crippen LogP contribution in [0.25, 0.3) is 22.9 Å². The van der Waals surface area contributed by atoms with E-state index < -0.39 is 23.4 Å². The van der Waals surface area contributed by atoms with Crippen LogP contribution in [0.2, 0.25) is 0 Å². The summed E-state index contributed by atoms with van der Waals surface area (Å²) in [5.41, 5.74) is 3.54. The van der Waals surface area contributed by atoms with E-state index in [2.05, 4.69) is 15.5 Å². The lowest BCUT2D eigenvalue weighted by Crippen LogP contribution is -2.21. The number of nitro groups is 1. The lowest BCUT2D eigenvalue weighted by molar-refractivity contribution is -0.384. The van der Waals surface area contributed by atoms with Gasteiger partial charge in [-0.3, -0.25) is 14.9 Å². The van der Waals surface area contributed by atoms with E-state index in [0.29, 0.717) is 28.6 Å². The fourth-order valence-electron chi connectivity index (χ4n) is 3.31. The highest BCUT2D eigenvalue weighted by molar-refractivity contribution is 5.96. The Kier molecular flexibility index (Phi) is 6.63. The number of amides is 1. The van der Waals surface area contributed by atoms with Crippen LogP contribution < -0.4 is 5.32 Å². The van der Waals surface area contributed by atoms with Crippen molar-refractivity contribution in [3.05, 3.63) is 93.5 Å². The maximum atomic E-state index is 12.3. The number of aromatic nitrogens is 2. The number of anilines is 1. The Labute approximate surface area is 199 Å². The predicted molar refractivity (Wildman–Crippen MR) is 127 cm³/mol. The fraction of sp³-hybridized carbons (Fsp3) is 0.120. The molecule has 1 N–H and O–H groups in total. The van der Waals surface area contributed by atoms with Gasteiger partial charge in [-0.2, -0.15) is 0 Å². The van der Waals surface area contributed by atoms with Crippen LogP contribution in [0.5, 0.6) is 0 Å². The molecular weight excluding hydrogens is 452 g/mol. The minimum Gasteiger partial charge on any atom is -0.452 e. The minimum atomic E-state index is -0.682. The molecule has 35 heavy (non-hydrogen) atoms. The van der Waals surface area contributed by atoms with E-state index in [4.69, 9.17) is 9.15 Å². The molecule has 0 aliphatic carbocycles. The number of ether oxygens (including phenoxy) is 1. The number of hydrogen-bond donors (Lipinski definition) is 1. The number of hydrogen-bond acceptors (Lipinski definition) is 8. The summed E-state index contributed by atoms with van der Waals surface area (Å²) >= 11 is 0. The van der Waals surface area contributed by atoms with Crippen LogP contribution in [-0.4, -0.2) is 33.6 Å². The van der Waals surface area contributed by atoms with Crippen LogP contribution >= 0.6 is 0 Å². The Bertz CT molecular complexity index is 1410. The lowest BCUT2D eigenvalue weighted by atomic mass is 10.1. The summed E-state index contributed by atoms with van der Waals surface area (Å²) in [6.07, 6.45) is 0. The SMILES string of the molecule is Cc1cc([N+](=O)[O-])ccc1NC(=O)COC(=O)c1ccc(-c2nnc(-c3ccccc3C)o2)cc1. The monoisotopic (exact) mass is 472 g/mol. The highest BCUT2D eigenvalue weighted by Gasteiger charge is 2.15. The van der Waals surface area contributed by atoms with Gasteiger partial charge < -0.3 is 14.5 Å². The van der Waals surface area contributed by atoms with Crippen molar-refractivity contribution in [1.82, 2.24) is 10.2 Å². The smallest absolute Gasteiger partial charge is 0.338 e. The van der Waals surface area contributed by atoms with E-state index in [0.717, 1.165) is 11.1 Å². The van der Waals surface area contributed by atoms with E-state index in [-0.39, 0.29) is 11.3 Å². The number of non-ortho nitro benzene ring substituents is 1. The molecule has 4 rings (SSSR count). The summed E-state index contributed by atoms with van der Waals surface area (Å²) in [7, 11) is 0. The number of aryl methyl sites for hydroxylation is 2. The Balaban J connectivity index is 1.35. The third kappa shape index (κ3) is 5.38. The number of rotatable bonds is 7. The largest absolute Gasteiger partial charge is 0.452 e. The Morgan fingerprint density at radius 3 is 2.37 bits per heavy atom. The van der Waals surface area contributed by atoms with Crippen LogP contribution in [0, 0.1) is 24.0 Å². The first-order chi connectivity index (χ1) is 16.8. The molecule has 10 nitrogen and oxygen atoms in total. The fourth-order valence-corrected chi connectivity index (χ4v) is 3.31. The number of carbonyl (C=O) groups is 2. The van der Waals surface area contributed by atoms with Crippen molar-refractivity contribution in [1.29, 1.82) is 0 Å². The summed E-state index contributed by atoms with van der Waals surface area (Å²) in [6.45, 7) is 3.07. The Hall–Kier alpha value is -4.86. The molecule has 4 aromatic rings. The van der Waals surface area contributed by atoms with Gasteiger partial charge in [0.2, 0.25) is 11.8 Å². The molecule has 1 amide bonds. The van der Waals surface area contributed by atoms with Gasteiger partial charge in [0.1, 0.15) is 0 Å². The number of nitrogens with one attached hydrogen (secondary N) is 1. The third-order valence-corrected chi connectivity index (χ3v) is 5.20. The summed E-state index contributed by atoms with van der Waals surface area (Å²) in [5.74, 6) is -0.545. The van der Waals surface area contributed by atoms with Gasteiger partial charge in [-0.25, -0.2) is 4.79 Å². The molecule has 3 aromatic carbocycles. The van der Waals surface area contributed by atoms with Crippen molar-refractivity contribution in [2.24, 2.45) is 0 Å². The van der Waals surface area contributed by atoms with E-state index >= 15 is 0 Å². The van der Waals surface area contributed by atoms with Gasteiger partial charge in [-0.15, -0.1) is 10.2 Å². The topological polar surface area (TPSA) is 137 Å². The maximum Gasteiger partial charge on any atom is 0.338 e. The van der Waals surface area contributed by atoms with Crippen LogP contribution in [0.1, 0.15) is 21.5 Å². The van der Waals surface area contributed by atoms with Crippen molar-refractivity contribution in [3.63, 3.8) is 0 Å². The molecule has 0 spiro atoms. The quantitative estimate of drug-likeness (QED) is 0.232. The van der Waals surface area contributed by atoms with E-state index in [1.165, 1.54) is 30.3 Å². The molecule has 0 unspecified atom stereocenters. The lowest BCUT2D eigenvalue weighted by Gasteiger charge is -2.09. The zero-order valence-electron chi connectivity index (χ0n) is 18.8. The number of benzene rings is 3. The van der Waals surface area contributed by atoms with Crippen LogP contribution in [-0.2, 0) is 9.53 Å². The highest BCUT2D eigenvalue weighted by Crippen LogP contribution is 2.26.